The third-order valence-corrected chi connectivity index (χ3v) is 5.71. The van der Waals surface area contributed by atoms with Gasteiger partial charge in [0.1, 0.15) is 12.9 Å². The summed E-state index contributed by atoms with van der Waals surface area (Å²) in [6.45, 7) is 0.185. The molecule has 0 radical (unpaired) electrons. The van der Waals surface area contributed by atoms with E-state index in [0.717, 1.165) is 23.0 Å². The summed E-state index contributed by atoms with van der Waals surface area (Å²) >= 11 is 0. The lowest BCUT2D eigenvalue weighted by Crippen LogP contribution is -2.20. The Morgan fingerprint density at radius 2 is 1.81 bits per heavy atom. The maximum Gasteiger partial charge on any atom is 0.284 e. The number of aldehydes is 1. The predicted molar refractivity (Wildman–Crippen MR) is 117 cm³/mol. The van der Waals surface area contributed by atoms with Gasteiger partial charge in [-0.25, -0.2) is 0 Å². The van der Waals surface area contributed by atoms with Crippen molar-refractivity contribution in [1.82, 2.24) is 0 Å². The molecule has 3 aromatic rings. The number of carbonyl (C=O) groups excluding carboxylic acids is 2. The molecule has 0 amide bonds. The van der Waals surface area contributed by atoms with Gasteiger partial charge in [-0.2, -0.15) is 0 Å². The standard InChI is InChI=1S/C25H21NO6/c1-31-22-12-20(25(28)24-18(14-27)11-17-9-5-6-10-19(17)24)21(26(29)30)13-23(22)32-15-16-7-3-2-4-8-16/h2-10,12-14,18,24H,11,15H2,1H3/t18-,24?/m0/s1. The molecule has 2 atom stereocenters. The third-order valence-electron chi connectivity index (χ3n) is 5.71. The van der Waals surface area contributed by atoms with Crippen LogP contribution in [-0.4, -0.2) is 24.1 Å². The van der Waals surface area contributed by atoms with Gasteiger partial charge in [0.25, 0.3) is 5.69 Å². The first-order valence-electron chi connectivity index (χ1n) is 10.1. The van der Waals surface area contributed by atoms with E-state index in [-0.39, 0.29) is 29.4 Å². The van der Waals surface area contributed by atoms with E-state index >= 15 is 0 Å². The van der Waals surface area contributed by atoms with Crippen molar-refractivity contribution in [2.45, 2.75) is 18.9 Å². The number of Topliss-reactive ketones (excluding diaryl/α,β-unsaturated/α-hetero) is 1. The van der Waals surface area contributed by atoms with Crippen molar-refractivity contribution < 1.29 is 24.0 Å². The minimum Gasteiger partial charge on any atom is -0.493 e. The fraction of sp³-hybridized carbons (Fsp3) is 0.200. The SMILES string of the molecule is COc1cc(C(=O)C2c3ccccc3C[C@H]2C=O)c([N+](=O)[O-])cc1OCc1ccccc1. The van der Waals surface area contributed by atoms with E-state index in [1.54, 1.807) is 12.1 Å². The molecule has 3 aromatic carbocycles. The van der Waals surface area contributed by atoms with Crippen LogP contribution in [0.25, 0.3) is 0 Å². The highest BCUT2D eigenvalue weighted by Crippen LogP contribution is 2.43. The minimum absolute atomic E-state index is 0.104. The second kappa shape index (κ2) is 9.01. The Morgan fingerprint density at radius 3 is 2.50 bits per heavy atom. The van der Waals surface area contributed by atoms with E-state index in [1.165, 1.54) is 19.2 Å². The molecular formula is C25H21NO6. The maximum atomic E-state index is 13.5. The van der Waals surface area contributed by atoms with Crippen molar-refractivity contribution in [3.63, 3.8) is 0 Å². The van der Waals surface area contributed by atoms with Crippen LogP contribution in [0.15, 0.2) is 66.7 Å². The number of hydrogen-bond donors (Lipinski definition) is 0. The number of fused-ring (bicyclic) bond motifs is 1. The molecule has 0 aromatic heterocycles. The highest BCUT2D eigenvalue weighted by Gasteiger charge is 2.40. The molecule has 162 valence electrons. The Balaban J connectivity index is 1.73. The van der Waals surface area contributed by atoms with Gasteiger partial charge in [0, 0.05) is 12.0 Å². The quantitative estimate of drug-likeness (QED) is 0.225. The molecule has 1 aliphatic carbocycles. The van der Waals surface area contributed by atoms with Crippen LogP contribution >= 0.6 is 0 Å². The van der Waals surface area contributed by atoms with Crippen LogP contribution in [0.2, 0.25) is 0 Å². The normalized spacial score (nSPS) is 16.8. The zero-order chi connectivity index (χ0) is 22.7. The third kappa shape index (κ3) is 3.97. The van der Waals surface area contributed by atoms with Crippen molar-refractivity contribution >= 4 is 17.8 Å². The van der Waals surface area contributed by atoms with E-state index < -0.39 is 22.5 Å². The Hall–Kier alpha value is -4.00. The lowest BCUT2D eigenvalue weighted by molar-refractivity contribution is -0.385. The van der Waals surface area contributed by atoms with Crippen LogP contribution in [0.3, 0.4) is 0 Å². The molecule has 0 N–H and O–H groups in total. The number of nitro benzene ring substituents is 1. The van der Waals surface area contributed by atoms with E-state index in [2.05, 4.69) is 0 Å². The molecule has 0 heterocycles. The number of rotatable bonds is 8. The Morgan fingerprint density at radius 1 is 1.09 bits per heavy atom. The van der Waals surface area contributed by atoms with Crippen molar-refractivity contribution in [2.75, 3.05) is 7.11 Å². The van der Waals surface area contributed by atoms with Crippen LogP contribution < -0.4 is 9.47 Å². The molecule has 32 heavy (non-hydrogen) atoms. The summed E-state index contributed by atoms with van der Waals surface area (Å²) in [6, 6.07) is 19.2. The number of nitro groups is 1. The second-order valence-corrected chi connectivity index (χ2v) is 7.60. The zero-order valence-electron chi connectivity index (χ0n) is 17.4. The van der Waals surface area contributed by atoms with Gasteiger partial charge in [-0.15, -0.1) is 0 Å². The van der Waals surface area contributed by atoms with E-state index in [4.69, 9.17) is 9.47 Å². The largest absolute Gasteiger partial charge is 0.493 e. The van der Waals surface area contributed by atoms with Gasteiger partial charge in [-0.1, -0.05) is 54.6 Å². The summed E-state index contributed by atoms with van der Waals surface area (Å²) < 4.78 is 11.1. The molecule has 1 aliphatic rings. The number of methoxy groups -OCH3 is 1. The molecule has 0 saturated heterocycles. The molecule has 4 rings (SSSR count). The van der Waals surface area contributed by atoms with Crippen molar-refractivity contribution in [1.29, 1.82) is 0 Å². The summed E-state index contributed by atoms with van der Waals surface area (Å²) in [5.74, 6) is -1.45. The Kier molecular flexibility index (Phi) is 5.98. The number of ketones is 1. The average molecular weight is 431 g/mol. The van der Waals surface area contributed by atoms with Gasteiger partial charge in [0.2, 0.25) is 0 Å². The highest BCUT2D eigenvalue weighted by atomic mass is 16.6. The molecule has 7 heteroatoms. The van der Waals surface area contributed by atoms with Crippen LogP contribution in [0.4, 0.5) is 5.69 Å². The summed E-state index contributed by atoms with van der Waals surface area (Å²) in [4.78, 5) is 36.4. The number of nitrogens with zero attached hydrogens (tertiary/aromatic N) is 1. The average Bonchev–Trinajstić information content (AvgIpc) is 3.21. The topological polar surface area (TPSA) is 95.7 Å². The van der Waals surface area contributed by atoms with Crippen LogP contribution in [0.5, 0.6) is 11.5 Å². The highest BCUT2D eigenvalue weighted by molar-refractivity contribution is 6.06. The summed E-state index contributed by atoms with van der Waals surface area (Å²) in [7, 11) is 1.41. The van der Waals surface area contributed by atoms with Gasteiger partial charge in [-0.05, 0) is 23.1 Å². The zero-order valence-corrected chi connectivity index (χ0v) is 17.4. The van der Waals surface area contributed by atoms with E-state index in [1.807, 2.05) is 42.5 Å². The molecule has 7 nitrogen and oxygen atoms in total. The van der Waals surface area contributed by atoms with E-state index in [0.29, 0.717) is 6.42 Å². The summed E-state index contributed by atoms with van der Waals surface area (Å²) in [5.41, 5.74) is 2.03. The number of benzene rings is 3. The molecule has 0 fully saturated rings. The van der Waals surface area contributed by atoms with Crippen LogP contribution in [0, 0.1) is 16.0 Å². The number of ether oxygens (including phenoxy) is 2. The first-order valence-corrected chi connectivity index (χ1v) is 10.1. The summed E-state index contributed by atoms with van der Waals surface area (Å²) in [5, 5.41) is 11.9. The minimum atomic E-state index is -0.775. The van der Waals surface area contributed by atoms with Crippen molar-refractivity contribution in [3.05, 3.63) is 99.1 Å². The lowest BCUT2D eigenvalue weighted by atomic mass is 9.85. The van der Waals surface area contributed by atoms with Gasteiger partial charge < -0.3 is 14.3 Å². The van der Waals surface area contributed by atoms with Gasteiger partial charge in [0.15, 0.2) is 17.3 Å². The molecule has 1 unspecified atom stereocenters. The molecular weight excluding hydrogens is 410 g/mol. The van der Waals surface area contributed by atoms with Gasteiger partial charge >= 0.3 is 0 Å². The fourth-order valence-electron chi connectivity index (χ4n) is 4.16. The predicted octanol–water partition coefficient (Wildman–Crippen LogP) is 4.52. The first kappa shape index (κ1) is 21.2. The maximum absolute atomic E-state index is 13.5. The monoisotopic (exact) mass is 431 g/mol. The Labute approximate surface area is 184 Å². The van der Waals surface area contributed by atoms with Gasteiger partial charge in [0.05, 0.1) is 29.6 Å². The van der Waals surface area contributed by atoms with Crippen molar-refractivity contribution in [3.8, 4) is 11.5 Å². The number of carbonyl (C=O) groups is 2. The molecule has 0 saturated carbocycles. The Bertz CT molecular complexity index is 1170. The van der Waals surface area contributed by atoms with E-state index in [9.17, 15) is 19.7 Å². The molecule has 0 spiro atoms. The first-order chi connectivity index (χ1) is 15.5. The van der Waals surface area contributed by atoms with Gasteiger partial charge in [-0.3, -0.25) is 14.9 Å². The summed E-state index contributed by atoms with van der Waals surface area (Å²) in [6.07, 6.45) is 1.18. The fourth-order valence-corrected chi connectivity index (χ4v) is 4.16. The van der Waals surface area contributed by atoms with Crippen LogP contribution in [0.1, 0.15) is 33.0 Å². The molecule has 0 aliphatic heterocycles. The molecule has 0 bridgehead atoms. The number of hydrogen-bond acceptors (Lipinski definition) is 6. The smallest absolute Gasteiger partial charge is 0.284 e. The second-order valence-electron chi connectivity index (χ2n) is 7.60. The van der Waals surface area contributed by atoms with Crippen molar-refractivity contribution in [2.24, 2.45) is 5.92 Å². The lowest BCUT2D eigenvalue weighted by Gasteiger charge is -2.17. The van der Waals surface area contributed by atoms with Crippen LogP contribution in [-0.2, 0) is 17.8 Å².